The van der Waals surface area contributed by atoms with Crippen LogP contribution in [0.5, 0.6) is 0 Å². The Hall–Kier alpha value is -3.09. The molecule has 7 nitrogen and oxygen atoms in total. The van der Waals surface area contributed by atoms with Gasteiger partial charge in [-0.2, -0.15) is 5.10 Å². The molecule has 0 unspecified atom stereocenters. The number of pyridine rings is 1. The highest BCUT2D eigenvalue weighted by Crippen LogP contribution is 2.33. The lowest BCUT2D eigenvalue weighted by atomic mass is 9.90. The molecule has 4 heterocycles. The second kappa shape index (κ2) is 8.51. The molecule has 0 aromatic carbocycles. The third-order valence-electron chi connectivity index (χ3n) is 5.56. The number of aryl methyl sites for hydroxylation is 3. The van der Waals surface area contributed by atoms with Gasteiger partial charge < -0.3 is 4.90 Å². The molecule has 0 bridgehead atoms. The molecular weight excluding hydrogens is 364 g/mol. The summed E-state index contributed by atoms with van der Waals surface area (Å²) in [6.07, 6.45) is 9.71. The molecule has 1 aliphatic rings. The van der Waals surface area contributed by atoms with E-state index in [-0.39, 0.29) is 11.8 Å². The Bertz CT molecular complexity index is 984. The Labute approximate surface area is 170 Å². The minimum atomic E-state index is 0.181. The number of carbonyl (C=O) groups is 1. The fraction of sp³-hybridized carbons (Fsp3) is 0.409. The molecule has 0 spiro atoms. The number of rotatable bonds is 5. The third kappa shape index (κ3) is 4.34. The highest BCUT2D eigenvalue weighted by Gasteiger charge is 2.27. The van der Waals surface area contributed by atoms with Crippen molar-refractivity contribution in [2.24, 2.45) is 0 Å². The second-order valence-corrected chi connectivity index (χ2v) is 7.58. The van der Waals surface area contributed by atoms with Crippen LogP contribution in [0.4, 0.5) is 0 Å². The molecule has 7 heteroatoms. The third-order valence-corrected chi connectivity index (χ3v) is 5.56. The van der Waals surface area contributed by atoms with Crippen molar-refractivity contribution in [1.29, 1.82) is 0 Å². The van der Waals surface area contributed by atoms with Crippen molar-refractivity contribution in [1.82, 2.24) is 29.6 Å². The summed E-state index contributed by atoms with van der Waals surface area (Å²) in [5.41, 5.74) is 4.20. The SMILES string of the molecule is Cc1ncc(-c2ccncc2)c([C@H]2CCCN(C(=O)CCn3nccc3C)C2)n1. The fourth-order valence-corrected chi connectivity index (χ4v) is 3.97. The monoisotopic (exact) mass is 390 g/mol. The highest BCUT2D eigenvalue weighted by atomic mass is 16.2. The van der Waals surface area contributed by atoms with Crippen LogP contribution in [-0.4, -0.2) is 48.6 Å². The van der Waals surface area contributed by atoms with Crippen molar-refractivity contribution < 1.29 is 4.79 Å². The van der Waals surface area contributed by atoms with E-state index < -0.39 is 0 Å². The summed E-state index contributed by atoms with van der Waals surface area (Å²) in [5.74, 6) is 1.15. The normalized spacial score (nSPS) is 16.8. The van der Waals surface area contributed by atoms with E-state index in [9.17, 15) is 4.79 Å². The Balaban J connectivity index is 1.50. The van der Waals surface area contributed by atoms with Gasteiger partial charge in [-0.1, -0.05) is 0 Å². The standard InChI is InChI=1S/C22H26N6O/c1-16-5-11-25-28(16)13-8-21(29)27-12-3-4-19(15-27)22-20(14-24-17(2)26-22)18-6-9-23-10-7-18/h5-7,9-11,14,19H,3-4,8,12-13,15H2,1-2H3/t19-/m0/s1. The number of nitrogens with zero attached hydrogens (tertiary/aromatic N) is 6. The molecule has 0 N–H and O–H groups in total. The van der Waals surface area contributed by atoms with Crippen LogP contribution in [0.1, 0.15) is 42.4 Å². The van der Waals surface area contributed by atoms with Gasteiger partial charge in [-0.15, -0.1) is 0 Å². The molecular formula is C22H26N6O. The maximum atomic E-state index is 12.8. The van der Waals surface area contributed by atoms with Gasteiger partial charge in [0.1, 0.15) is 5.82 Å². The molecule has 0 aliphatic carbocycles. The summed E-state index contributed by atoms with van der Waals surface area (Å²) in [4.78, 5) is 28.1. The lowest BCUT2D eigenvalue weighted by Gasteiger charge is -2.33. The van der Waals surface area contributed by atoms with Crippen molar-refractivity contribution in [3.05, 3.63) is 60.2 Å². The summed E-state index contributed by atoms with van der Waals surface area (Å²) in [5, 5.41) is 4.27. The van der Waals surface area contributed by atoms with Gasteiger partial charge in [0.2, 0.25) is 5.91 Å². The van der Waals surface area contributed by atoms with E-state index in [1.54, 1.807) is 18.6 Å². The van der Waals surface area contributed by atoms with Crippen LogP contribution in [0.15, 0.2) is 43.0 Å². The first-order chi connectivity index (χ1) is 14.1. The van der Waals surface area contributed by atoms with Gasteiger partial charge in [-0.3, -0.25) is 14.5 Å². The largest absolute Gasteiger partial charge is 0.342 e. The molecule has 1 fully saturated rings. The van der Waals surface area contributed by atoms with Gasteiger partial charge in [0.25, 0.3) is 0 Å². The molecule has 150 valence electrons. The number of aromatic nitrogens is 5. The molecule has 0 saturated carbocycles. The van der Waals surface area contributed by atoms with Crippen LogP contribution in [0.2, 0.25) is 0 Å². The van der Waals surface area contributed by atoms with E-state index in [0.717, 1.165) is 47.7 Å². The van der Waals surface area contributed by atoms with Gasteiger partial charge in [0, 0.05) is 68.0 Å². The first-order valence-electron chi connectivity index (χ1n) is 10.1. The molecule has 0 radical (unpaired) electrons. The predicted molar refractivity (Wildman–Crippen MR) is 110 cm³/mol. The molecule has 1 amide bonds. The van der Waals surface area contributed by atoms with E-state index in [1.165, 1.54) is 0 Å². The van der Waals surface area contributed by atoms with E-state index in [0.29, 0.717) is 19.5 Å². The van der Waals surface area contributed by atoms with E-state index in [2.05, 4.69) is 15.1 Å². The average molecular weight is 390 g/mol. The van der Waals surface area contributed by atoms with Crippen molar-refractivity contribution in [3.63, 3.8) is 0 Å². The Morgan fingerprint density at radius 3 is 2.76 bits per heavy atom. The Morgan fingerprint density at radius 1 is 1.17 bits per heavy atom. The average Bonchev–Trinajstić information content (AvgIpc) is 3.17. The van der Waals surface area contributed by atoms with Gasteiger partial charge in [0.05, 0.1) is 5.69 Å². The van der Waals surface area contributed by atoms with E-state index in [4.69, 9.17) is 4.98 Å². The molecule has 3 aromatic rings. The second-order valence-electron chi connectivity index (χ2n) is 7.58. The van der Waals surface area contributed by atoms with Crippen LogP contribution in [0.25, 0.3) is 11.1 Å². The zero-order chi connectivity index (χ0) is 20.2. The first-order valence-corrected chi connectivity index (χ1v) is 10.1. The van der Waals surface area contributed by atoms with Crippen molar-refractivity contribution in [3.8, 4) is 11.1 Å². The lowest BCUT2D eigenvalue weighted by Crippen LogP contribution is -2.39. The minimum absolute atomic E-state index is 0.181. The predicted octanol–water partition coefficient (Wildman–Crippen LogP) is 3.15. The number of carbonyl (C=O) groups excluding carboxylic acids is 1. The molecule has 4 rings (SSSR count). The minimum Gasteiger partial charge on any atom is -0.342 e. The summed E-state index contributed by atoms with van der Waals surface area (Å²) in [6.45, 7) is 6.05. The summed E-state index contributed by atoms with van der Waals surface area (Å²) < 4.78 is 1.88. The van der Waals surface area contributed by atoms with Crippen molar-refractivity contribution in [2.45, 2.75) is 45.6 Å². The molecule has 1 atom stereocenters. The van der Waals surface area contributed by atoms with Crippen LogP contribution >= 0.6 is 0 Å². The zero-order valence-electron chi connectivity index (χ0n) is 17.0. The van der Waals surface area contributed by atoms with Gasteiger partial charge in [0.15, 0.2) is 0 Å². The van der Waals surface area contributed by atoms with Crippen molar-refractivity contribution in [2.75, 3.05) is 13.1 Å². The molecule has 1 aliphatic heterocycles. The molecule has 29 heavy (non-hydrogen) atoms. The summed E-state index contributed by atoms with van der Waals surface area (Å²) >= 11 is 0. The number of amides is 1. The fourth-order valence-electron chi connectivity index (χ4n) is 3.97. The molecule has 1 saturated heterocycles. The van der Waals surface area contributed by atoms with E-state index in [1.807, 2.05) is 47.8 Å². The first kappa shape index (κ1) is 19.2. The van der Waals surface area contributed by atoms with Gasteiger partial charge in [-0.05, 0) is 50.5 Å². The maximum Gasteiger partial charge on any atom is 0.224 e. The van der Waals surface area contributed by atoms with Crippen molar-refractivity contribution >= 4 is 5.91 Å². The zero-order valence-corrected chi connectivity index (χ0v) is 17.0. The van der Waals surface area contributed by atoms with Gasteiger partial charge >= 0.3 is 0 Å². The number of hydrogen-bond acceptors (Lipinski definition) is 5. The summed E-state index contributed by atoms with van der Waals surface area (Å²) in [7, 11) is 0. The van der Waals surface area contributed by atoms with Crippen LogP contribution in [0, 0.1) is 13.8 Å². The smallest absolute Gasteiger partial charge is 0.224 e. The Kier molecular flexibility index (Phi) is 5.64. The highest BCUT2D eigenvalue weighted by molar-refractivity contribution is 5.76. The van der Waals surface area contributed by atoms with Crippen LogP contribution in [-0.2, 0) is 11.3 Å². The maximum absolute atomic E-state index is 12.8. The van der Waals surface area contributed by atoms with E-state index >= 15 is 0 Å². The quantitative estimate of drug-likeness (QED) is 0.669. The Morgan fingerprint density at radius 2 is 2.00 bits per heavy atom. The number of piperidine rings is 1. The molecule has 3 aromatic heterocycles. The van der Waals surface area contributed by atoms with Crippen LogP contribution in [0.3, 0.4) is 0 Å². The van der Waals surface area contributed by atoms with Gasteiger partial charge in [-0.25, -0.2) is 9.97 Å². The topological polar surface area (TPSA) is 76.8 Å². The lowest BCUT2D eigenvalue weighted by molar-refractivity contribution is -0.132. The number of hydrogen-bond donors (Lipinski definition) is 0. The number of likely N-dealkylation sites (tertiary alicyclic amines) is 1. The summed E-state index contributed by atoms with van der Waals surface area (Å²) in [6, 6.07) is 5.92. The van der Waals surface area contributed by atoms with Crippen LogP contribution < -0.4 is 0 Å².